The highest BCUT2D eigenvalue weighted by Crippen LogP contribution is 2.34. The van der Waals surface area contributed by atoms with Crippen LogP contribution in [0.5, 0.6) is 17.2 Å². The first kappa shape index (κ1) is 22.4. The number of hydrogen-bond acceptors (Lipinski definition) is 5. The van der Waals surface area contributed by atoms with E-state index in [9.17, 15) is 4.79 Å². The fourth-order valence-electron chi connectivity index (χ4n) is 3.15. The normalized spacial score (nSPS) is 10.4. The number of carbonyl (C=O) groups excluding carboxylic acids is 1. The number of amides is 1. The minimum absolute atomic E-state index is 0.134. The third-order valence-electron chi connectivity index (χ3n) is 4.88. The van der Waals surface area contributed by atoms with Gasteiger partial charge in [0.2, 0.25) is 0 Å². The predicted octanol–water partition coefficient (Wildman–Crippen LogP) is 4.27. The van der Waals surface area contributed by atoms with Crippen molar-refractivity contribution in [3.05, 3.63) is 47.5 Å². The Labute approximate surface area is 173 Å². The summed E-state index contributed by atoms with van der Waals surface area (Å²) in [4.78, 5) is 14.9. The summed E-state index contributed by atoms with van der Waals surface area (Å²) in [7, 11) is 4.74. The van der Waals surface area contributed by atoms with Crippen LogP contribution in [0.1, 0.15) is 42.6 Å². The van der Waals surface area contributed by atoms with Crippen LogP contribution < -0.4 is 24.4 Å². The molecule has 0 unspecified atom stereocenters. The second-order valence-corrected chi connectivity index (χ2v) is 6.68. The average Bonchev–Trinajstić information content (AvgIpc) is 2.77. The van der Waals surface area contributed by atoms with E-state index in [2.05, 4.69) is 24.1 Å². The molecule has 0 aliphatic heterocycles. The molecular formula is C23H32N2O4. The van der Waals surface area contributed by atoms with Crippen molar-refractivity contribution in [2.24, 2.45) is 0 Å². The Kier molecular flexibility index (Phi) is 8.65. The standard InChI is InChI=1S/C23H32N2O4/c1-6-8-13-25(7-2)19-11-9-17(10-12-19)23(26)24-16-18-14-21(28-4)22(29-5)15-20(18)27-3/h9-12,14-15H,6-8,13,16H2,1-5H3,(H,24,26). The summed E-state index contributed by atoms with van der Waals surface area (Å²) in [5.74, 6) is 1.67. The molecule has 0 spiro atoms. The molecule has 0 radical (unpaired) electrons. The molecule has 2 aromatic rings. The first-order valence-corrected chi connectivity index (χ1v) is 9.99. The smallest absolute Gasteiger partial charge is 0.251 e. The lowest BCUT2D eigenvalue weighted by Crippen LogP contribution is -2.25. The molecule has 0 saturated carbocycles. The van der Waals surface area contributed by atoms with Crippen LogP contribution in [0.3, 0.4) is 0 Å². The van der Waals surface area contributed by atoms with Crippen LogP contribution >= 0.6 is 0 Å². The van der Waals surface area contributed by atoms with E-state index in [1.165, 1.54) is 0 Å². The Morgan fingerprint density at radius 2 is 1.55 bits per heavy atom. The topological polar surface area (TPSA) is 60.0 Å². The van der Waals surface area contributed by atoms with Crippen molar-refractivity contribution in [3.8, 4) is 17.2 Å². The van der Waals surface area contributed by atoms with Crippen molar-refractivity contribution in [2.45, 2.75) is 33.2 Å². The van der Waals surface area contributed by atoms with Crippen molar-refractivity contribution in [1.82, 2.24) is 5.32 Å². The van der Waals surface area contributed by atoms with Gasteiger partial charge in [-0.15, -0.1) is 0 Å². The van der Waals surface area contributed by atoms with Gasteiger partial charge in [0.25, 0.3) is 5.91 Å². The van der Waals surface area contributed by atoms with E-state index >= 15 is 0 Å². The zero-order chi connectivity index (χ0) is 21.2. The Bertz CT molecular complexity index is 790. The Balaban J connectivity index is 2.07. The van der Waals surface area contributed by atoms with Crippen LogP contribution in [-0.4, -0.2) is 40.3 Å². The van der Waals surface area contributed by atoms with Crippen LogP contribution in [0, 0.1) is 0 Å². The molecule has 1 N–H and O–H groups in total. The quantitative estimate of drug-likeness (QED) is 0.610. The molecule has 29 heavy (non-hydrogen) atoms. The van der Waals surface area contributed by atoms with E-state index < -0.39 is 0 Å². The molecule has 0 aliphatic rings. The van der Waals surface area contributed by atoms with Crippen LogP contribution in [0.15, 0.2) is 36.4 Å². The Morgan fingerprint density at radius 1 is 0.931 bits per heavy atom. The number of nitrogens with zero attached hydrogens (tertiary/aromatic N) is 1. The van der Waals surface area contributed by atoms with Crippen molar-refractivity contribution in [2.75, 3.05) is 39.3 Å². The molecule has 0 aliphatic carbocycles. The fourth-order valence-corrected chi connectivity index (χ4v) is 3.15. The second-order valence-electron chi connectivity index (χ2n) is 6.68. The number of anilines is 1. The van der Waals surface area contributed by atoms with Crippen molar-refractivity contribution in [3.63, 3.8) is 0 Å². The van der Waals surface area contributed by atoms with Crippen LogP contribution in [0.4, 0.5) is 5.69 Å². The monoisotopic (exact) mass is 400 g/mol. The third-order valence-corrected chi connectivity index (χ3v) is 4.88. The van der Waals surface area contributed by atoms with Gasteiger partial charge >= 0.3 is 0 Å². The number of ether oxygens (including phenoxy) is 3. The maximum absolute atomic E-state index is 12.6. The number of hydrogen-bond donors (Lipinski definition) is 1. The largest absolute Gasteiger partial charge is 0.496 e. The van der Waals surface area contributed by atoms with Gasteiger partial charge in [-0.05, 0) is 43.7 Å². The molecule has 0 aromatic heterocycles. The van der Waals surface area contributed by atoms with Gasteiger partial charge in [-0.1, -0.05) is 13.3 Å². The van der Waals surface area contributed by atoms with Gasteiger partial charge < -0.3 is 24.4 Å². The van der Waals surface area contributed by atoms with Crippen molar-refractivity contribution >= 4 is 11.6 Å². The molecule has 2 aromatic carbocycles. The highest BCUT2D eigenvalue weighted by molar-refractivity contribution is 5.94. The summed E-state index contributed by atoms with van der Waals surface area (Å²) >= 11 is 0. The third kappa shape index (κ3) is 5.79. The summed E-state index contributed by atoms with van der Waals surface area (Å²) in [6.45, 7) is 6.63. The van der Waals surface area contributed by atoms with Crippen LogP contribution in [0.25, 0.3) is 0 Å². The van der Waals surface area contributed by atoms with E-state index in [0.29, 0.717) is 29.4 Å². The van der Waals surface area contributed by atoms with E-state index in [0.717, 1.165) is 37.2 Å². The molecule has 1 amide bonds. The Morgan fingerprint density at radius 3 is 2.10 bits per heavy atom. The first-order chi connectivity index (χ1) is 14.1. The lowest BCUT2D eigenvalue weighted by atomic mass is 10.1. The zero-order valence-corrected chi connectivity index (χ0v) is 18.1. The maximum atomic E-state index is 12.6. The number of unbranched alkanes of at least 4 members (excludes halogenated alkanes) is 1. The van der Waals surface area contributed by atoms with Gasteiger partial charge in [-0.2, -0.15) is 0 Å². The summed E-state index contributed by atoms with van der Waals surface area (Å²) in [5, 5.41) is 2.95. The van der Waals surface area contributed by atoms with Gasteiger partial charge in [-0.3, -0.25) is 4.79 Å². The van der Waals surface area contributed by atoms with Gasteiger partial charge in [0.15, 0.2) is 11.5 Å². The number of nitrogens with one attached hydrogen (secondary N) is 1. The van der Waals surface area contributed by atoms with Crippen LogP contribution in [-0.2, 0) is 6.54 Å². The molecule has 0 saturated heterocycles. The average molecular weight is 401 g/mol. The lowest BCUT2D eigenvalue weighted by molar-refractivity contribution is 0.0950. The van der Waals surface area contributed by atoms with E-state index in [-0.39, 0.29) is 5.91 Å². The lowest BCUT2D eigenvalue weighted by Gasteiger charge is -2.23. The summed E-state index contributed by atoms with van der Waals surface area (Å²) in [6, 6.07) is 11.3. The van der Waals surface area contributed by atoms with Crippen LogP contribution in [0.2, 0.25) is 0 Å². The first-order valence-electron chi connectivity index (χ1n) is 9.99. The van der Waals surface area contributed by atoms with E-state index in [1.54, 1.807) is 27.4 Å². The molecule has 158 valence electrons. The highest BCUT2D eigenvalue weighted by Gasteiger charge is 2.14. The van der Waals surface area contributed by atoms with Gasteiger partial charge in [-0.25, -0.2) is 0 Å². The van der Waals surface area contributed by atoms with E-state index in [4.69, 9.17) is 14.2 Å². The Hall–Kier alpha value is -2.89. The number of carbonyl (C=O) groups is 1. The van der Waals surface area contributed by atoms with Crippen molar-refractivity contribution in [1.29, 1.82) is 0 Å². The summed E-state index contributed by atoms with van der Waals surface area (Å²) in [6.07, 6.45) is 2.32. The van der Waals surface area contributed by atoms with E-state index in [1.807, 2.05) is 30.3 Å². The summed E-state index contributed by atoms with van der Waals surface area (Å²) < 4.78 is 16.1. The molecule has 6 heteroatoms. The fraction of sp³-hybridized carbons (Fsp3) is 0.435. The molecular weight excluding hydrogens is 368 g/mol. The minimum Gasteiger partial charge on any atom is -0.496 e. The SMILES string of the molecule is CCCCN(CC)c1ccc(C(=O)NCc2cc(OC)c(OC)cc2OC)cc1. The highest BCUT2D eigenvalue weighted by atomic mass is 16.5. The summed E-state index contributed by atoms with van der Waals surface area (Å²) in [5.41, 5.74) is 2.57. The van der Waals surface area contributed by atoms with Gasteiger partial charge in [0, 0.05) is 42.5 Å². The number of methoxy groups -OCH3 is 3. The van der Waals surface area contributed by atoms with Crippen molar-refractivity contribution < 1.29 is 19.0 Å². The molecule has 0 atom stereocenters. The molecule has 0 heterocycles. The minimum atomic E-state index is -0.134. The van der Waals surface area contributed by atoms with Gasteiger partial charge in [0.05, 0.1) is 21.3 Å². The molecule has 0 bridgehead atoms. The molecule has 6 nitrogen and oxygen atoms in total. The zero-order valence-electron chi connectivity index (χ0n) is 18.1. The number of rotatable bonds is 11. The molecule has 2 rings (SSSR count). The molecule has 0 fully saturated rings. The predicted molar refractivity (Wildman–Crippen MR) is 117 cm³/mol. The maximum Gasteiger partial charge on any atom is 0.251 e. The van der Waals surface area contributed by atoms with Gasteiger partial charge in [0.1, 0.15) is 5.75 Å². The number of benzene rings is 2. The second kappa shape index (κ2) is 11.2.